The van der Waals surface area contributed by atoms with E-state index in [0.29, 0.717) is 42.1 Å². The van der Waals surface area contributed by atoms with Gasteiger partial charge in [-0.15, -0.1) is 0 Å². The molecule has 0 aromatic heterocycles. The minimum Gasteiger partial charge on any atom is -0.497 e. The number of methoxy groups -OCH3 is 2. The van der Waals surface area contributed by atoms with Crippen molar-refractivity contribution in [3.8, 4) is 11.5 Å². The van der Waals surface area contributed by atoms with E-state index in [0.717, 1.165) is 32.5 Å². The van der Waals surface area contributed by atoms with E-state index in [-0.39, 0.29) is 11.9 Å². The third-order valence-electron chi connectivity index (χ3n) is 5.24. The second-order valence-electron chi connectivity index (χ2n) is 6.62. The highest BCUT2D eigenvalue weighted by atomic mass is 16.5. The molecule has 1 aromatic rings. The molecule has 0 bridgehead atoms. The second kappa shape index (κ2) is 8.54. The van der Waals surface area contributed by atoms with E-state index < -0.39 is 0 Å². The van der Waals surface area contributed by atoms with Crippen LogP contribution in [0.1, 0.15) is 29.6 Å². The molecule has 25 heavy (non-hydrogen) atoms. The molecule has 2 aliphatic rings. The van der Waals surface area contributed by atoms with Gasteiger partial charge in [0, 0.05) is 37.8 Å². The molecule has 2 atom stereocenters. The fraction of sp³-hybridized carbons (Fsp3) is 0.632. The number of rotatable bonds is 5. The van der Waals surface area contributed by atoms with Crippen molar-refractivity contribution in [2.45, 2.75) is 25.3 Å². The molecule has 3 rings (SSSR count). The SMILES string of the molecule is COc1ccc(C(=O)N[C@@H]2CCOC[C@@H]2C2CCOCC2)c(OC)c1. The number of ether oxygens (including phenoxy) is 4. The van der Waals surface area contributed by atoms with Gasteiger partial charge in [-0.3, -0.25) is 4.79 Å². The third kappa shape index (κ3) is 4.25. The van der Waals surface area contributed by atoms with Gasteiger partial charge < -0.3 is 24.3 Å². The van der Waals surface area contributed by atoms with Crippen LogP contribution in [0.2, 0.25) is 0 Å². The van der Waals surface area contributed by atoms with Crippen molar-refractivity contribution in [2.24, 2.45) is 11.8 Å². The molecule has 2 heterocycles. The van der Waals surface area contributed by atoms with Gasteiger partial charge in [0.05, 0.1) is 26.4 Å². The van der Waals surface area contributed by atoms with Crippen LogP contribution in [0.4, 0.5) is 0 Å². The van der Waals surface area contributed by atoms with Gasteiger partial charge in [0.25, 0.3) is 5.91 Å². The summed E-state index contributed by atoms with van der Waals surface area (Å²) >= 11 is 0. The first-order valence-corrected chi connectivity index (χ1v) is 8.91. The fourth-order valence-electron chi connectivity index (χ4n) is 3.78. The van der Waals surface area contributed by atoms with Crippen LogP contribution in [-0.2, 0) is 9.47 Å². The quantitative estimate of drug-likeness (QED) is 0.883. The smallest absolute Gasteiger partial charge is 0.255 e. The molecule has 1 aromatic carbocycles. The Hall–Kier alpha value is -1.79. The highest BCUT2D eigenvalue weighted by Crippen LogP contribution is 2.31. The van der Waals surface area contributed by atoms with E-state index in [9.17, 15) is 4.79 Å². The van der Waals surface area contributed by atoms with Gasteiger partial charge in [0.1, 0.15) is 11.5 Å². The monoisotopic (exact) mass is 349 g/mol. The van der Waals surface area contributed by atoms with Gasteiger partial charge in [0.15, 0.2) is 0 Å². The Balaban J connectivity index is 1.71. The van der Waals surface area contributed by atoms with E-state index in [1.807, 2.05) is 0 Å². The molecule has 2 aliphatic heterocycles. The Morgan fingerprint density at radius 2 is 1.84 bits per heavy atom. The average molecular weight is 349 g/mol. The molecular formula is C19H27NO5. The molecule has 6 nitrogen and oxygen atoms in total. The molecule has 2 saturated heterocycles. The highest BCUT2D eigenvalue weighted by molar-refractivity contribution is 5.97. The summed E-state index contributed by atoms with van der Waals surface area (Å²) in [6.07, 6.45) is 2.91. The van der Waals surface area contributed by atoms with E-state index in [2.05, 4.69) is 5.32 Å². The number of carbonyl (C=O) groups excluding carboxylic acids is 1. The molecule has 0 spiro atoms. The minimum atomic E-state index is -0.108. The maximum Gasteiger partial charge on any atom is 0.255 e. The van der Waals surface area contributed by atoms with Crippen LogP contribution in [0.15, 0.2) is 18.2 Å². The first kappa shape index (κ1) is 18.0. The van der Waals surface area contributed by atoms with Crippen LogP contribution in [0.25, 0.3) is 0 Å². The number of carbonyl (C=O) groups is 1. The highest BCUT2D eigenvalue weighted by Gasteiger charge is 2.34. The summed E-state index contributed by atoms with van der Waals surface area (Å²) in [5.41, 5.74) is 0.528. The van der Waals surface area contributed by atoms with Crippen molar-refractivity contribution < 1.29 is 23.7 Å². The topological polar surface area (TPSA) is 66.0 Å². The predicted octanol–water partition coefficient (Wildman–Crippen LogP) is 2.27. The Kier molecular flexibility index (Phi) is 6.15. The summed E-state index contributed by atoms with van der Waals surface area (Å²) in [6, 6.07) is 5.37. The summed E-state index contributed by atoms with van der Waals surface area (Å²) in [4.78, 5) is 12.8. The van der Waals surface area contributed by atoms with Crippen molar-refractivity contribution in [3.05, 3.63) is 23.8 Å². The average Bonchev–Trinajstić information content (AvgIpc) is 2.68. The summed E-state index contributed by atoms with van der Waals surface area (Å²) in [6.45, 7) is 2.99. The van der Waals surface area contributed by atoms with Crippen LogP contribution in [0.5, 0.6) is 11.5 Å². The lowest BCUT2D eigenvalue weighted by atomic mass is 9.79. The van der Waals surface area contributed by atoms with Gasteiger partial charge in [0.2, 0.25) is 0 Å². The minimum absolute atomic E-state index is 0.108. The molecule has 138 valence electrons. The standard InChI is InChI=1S/C19H27NO5/c1-22-14-3-4-15(18(11-14)23-2)19(21)20-17-7-10-25-12-16(17)13-5-8-24-9-6-13/h3-4,11,13,16-17H,5-10,12H2,1-2H3,(H,20,21)/t16-,17-/m1/s1. The first-order valence-electron chi connectivity index (χ1n) is 8.91. The molecule has 1 amide bonds. The predicted molar refractivity (Wildman–Crippen MR) is 93.3 cm³/mol. The number of nitrogens with one attached hydrogen (secondary N) is 1. The Bertz CT molecular complexity index is 585. The van der Waals surface area contributed by atoms with Crippen LogP contribution >= 0.6 is 0 Å². The number of amides is 1. The van der Waals surface area contributed by atoms with Gasteiger partial charge >= 0.3 is 0 Å². The zero-order chi connectivity index (χ0) is 17.6. The third-order valence-corrected chi connectivity index (χ3v) is 5.24. The summed E-state index contributed by atoms with van der Waals surface area (Å²) in [7, 11) is 3.15. The molecule has 0 radical (unpaired) electrons. The number of hydrogen-bond acceptors (Lipinski definition) is 5. The van der Waals surface area contributed by atoms with E-state index in [4.69, 9.17) is 18.9 Å². The zero-order valence-corrected chi connectivity index (χ0v) is 15.0. The van der Waals surface area contributed by atoms with Crippen molar-refractivity contribution in [1.29, 1.82) is 0 Å². The van der Waals surface area contributed by atoms with Crippen molar-refractivity contribution >= 4 is 5.91 Å². The largest absolute Gasteiger partial charge is 0.497 e. The number of hydrogen-bond donors (Lipinski definition) is 1. The van der Waals surface area contributed by atoms with Crippen molar-refractivity contribution in [1.82, 2.24) is 5.32 Å². The van der Waals surface area contributed by atoms with Crippen LogP contribution in [0, 0.1) is 11.8 Å². The Labute approximate surface area is 148 Å². The number of benzene rings is 1. The van der Waals surface area contributed by atoms with Gasteiger partial charge in [-0.1, -0.05) is 0 Å². The summed E-state index contributed by atoms with van der Waals surface area (Å²) in [5.74, 6) is 1.96. The molecule has 1 N–H and O–H groups in total. The van der Waals surface area contributed by atoms with Gasteiger partial charge in [-0.2, -0.15) is 0 Å². The van der Waals surface area contributed by atoms with E-state index >= 15 is 0 Å². The van der Waals surface area contributed by atoms with Crippen molar-refractivity contribution in [3.63, 3.8) is 0 Å². The van der Waals surface area contributed by atoms with E-state index in [1.54, 1.807) is 32.4 Å². The normalized spacial score (nSPS) is 24.6. The fourth-order valence-corrected chi connectivity index (χ4v) is 3.78. The molecule has 0 aliphatic carbocycles. The van der Waals surface area contributed by atoms with Crippen LogP contribution in [0.3, 0.4) is 0 Å². The lowest BCUT2D eigenvalue weighted by molar-refractivity contribution is -0.0259. The summed E-state index contributed by atoms with van der Waals surface area (Å²) < 4.78 is 21.7. The van der Waals surface area contributed by atoms with Crippen molar-refractivity contribution in [2.75, 3.05) is 40.6 Å². The molecule has 0 unspecified atom stereocenters. The Morgan fingerprint density at radius 3 is 2.56 bits per heavy atom. The second-order valence-corrected chi connectivity index (χ2v) is 6.62. The maximum absolute atomic E-state index is 12.8. The molecular weight excluding hydrogens is 322 g/mol. The lowest BCUT2D eigenvalue weighted by Gasteiger charge is -2.39. The van der Waals surface area contributed by atoms with E-state index in [1.165, 1.54) is 0 Å². The van der Waals surface area contributed by atoms with Gasteiger partial charge in [-0.05, 0) is 37.3 Å². The summed E-state index contributed by atoms with van der Waals surface area (Å²) in [5, 5.41) is 3.21. The first-order chi connectivity index (χ1) is 12.2. The maximum atomic E-state index is 12.8. The zero-order valence-electron chi connectivity index (χ0n) is 15.0. The molecule has 6 heteroatoms. The Morgan fingerprint density at radius 1 is 1.08 bits per heavy atom. The molecule has 0 saturated carbocycles. The molecule has 2 fully saturated rings. The lowest BCUT2D eigenvalue weighted by Crippen LogP contribution is -2.49. The van der Waals surface area contributed by atoms with Gasteiger partial charge in [-0.25, -0.2) is 0 Å². The van der Waals surface area contributed by atoms with Crippen LogP contribution in [-0.4, -0.2) is 52.6 Å². The van der Waals surface area contributed by atoms with Crippen LogP contribution < -0.4 is 14.8 Å².